The van der Waals surface area contributed by atoms with Gasteiger partial charge in [-0.05, 0) is 19.8 Å². The Morgan fingerprint density at radius 1 is 1.35 bits per heavy atom. The Balaban J connectivity index is 2.23. The molecule has 0 aromatic carbocycles. The summed E-state index contributed by atoms with van der Waals surface area (Å²) < 4.78 is 9.72. The highest BCUT2D eigenvalue weighted by molar-refractivity contribution is 5.88. The highest BCUT2D eigenvalue weighted by atomic mass is 16.6. The minimum absolute atomic E-state index is 0.200. The van der Waals surface area contributed by atoms with E-state index in [1.165, 1.54) is 6.92 Å². The molecule has 5 nitrogen and oxygen atoms in total. The number of hydrogen-bond donors (Lipinski definition) is 0. The number of ketones is 1. The van der Waals surface area contributed by atoms with E-state index in [9.17, 15) is 14.4 Å². The fourth-order valence-electron chi connectivity index (χ4n) is 1.50. The number of ether oxygens (including phenoxy) is 2. The van der Waals surface area contributed by atoms with Crippen LogP contribution in [0.5, 0.6) is 0 Å². The maximum Gasteiger partial charge on any atom is 0.344 e. The van der Waals surface area contributed by atoms with Gasteiger partial charge in [-0.1, -0.05) is 6.58 Å². The van der Waals surface area contributed by atoms with Crippen LogP contribution in [0.25, 0.3) is 0 Å². The van der Waals surface area contributed by atoms with Gasteiger partial charge in [0.25, 0.3) is 0 Å². The molecule has 0 aromatic heterocycles. The Morgan fingerprint density at radius 2 is 1.94 bits per heavy atom. The summed E-state index contributed by atoms with van der Waals surface area (Å²) in [6.45, 7) is 4.49. The lowest BCUT2D eigenvalue weighted by atomic mass is 9.96. The predicted octanol–water partition coefficient (Wildman–Crippen LogP) is 1.16. The molecular weight excluding hydrogens is 224 g/mol. The van der Waals surface area contributed by atoms with Crippen LogP contribution in [-0.4, -0.2) is 30.4 Å². The van der Waals surface area contributed by atoms with Crippen LogP contribution in [0.2, 0.25) is 0 Å². The second-order valence-corrected chi connectivity index (χ2v) is 4.08. The van der Waals surface area contributed by atoms with Crippen molar-refractivity contribution in [1.29, 1.82) is 0 Å². The molecule has 1 aliphatic rings. The second-order valence-electron chi connectivity index (χ2n) is 4.08. The molecule has 1 fully saturated rings. The molecule has 5 heteroatoms. The minimum atomic E-state index is -0.610. The summed E-state index contributed by atoms with van der Waals surface area (Å²) in [7, 11) is 0. The molecule has 0 radical (unpaired) electrons. The Kier molecular flexibility index (Phi) is 4.87. The molecule has 0 unspecified atom stereocenters. The Morgan fingerprint density at radius 3 is 2.47 bits per heavy atom. The lowest BCUT2D eigenvalue weighted by Gasteiger charge is -2.21. The van der Waals surface area contributed by atoms with Crippen molar-refractivity contribution < 1.29 is 23.9 Å². The molecule has 1 rings (SSSR count). The molecule has 0 aliphatic heterocycles. The smallest absolute Gasteiger partial charge is 0.344 e. The van der Waals surface area contributed by atoms with Crippen LogP contribution in [0.4, 0.5) is 0 Å². The van der Waals surface area contributed by atoms with E-state index >= 15 is 0 Å². The van der Waals surface area contributed by atoms with E-state index in [-0.39, 0.29) is 17.5 Å². The molecule has 0 saturated heterocycles. The number of esters is 2. The maximum absolute atomic E-state index is 11.3. The zero-order valence-corrected chi connectivity index (χ0v) is 9.86. The summed E-state index contributed by atoms with van der Waals surface area (Å²) in [6.07, 6.45) is 1.77. The van der Waals surface area contributed by atoms with Crippen LogP contribution in [-0.2, 0) is 23.9 Å². The number of carbonyl (C=O) groups excluding carboxylic acids is 3. The first-order valence-electron chi connectivity index (χ1n) is 5.53. The fraction of sp³-hybridized carbons (Fsp3) is 0.583. The van der Waals surface area contributed by atoms with E-state index in [0.717, 1.165) is 0 Å². The molecule has 94 valence electrons. The Labute approximate surface area is 99.8 Å². The Bertz CT molecular complexity index is 335. The van der Waals surface area contributed by atoms with Gasteiger partial charge in [0.1, 0.15) is 11.9 Å². The van der Waals surface area contributed by atoms with Gasteiger partial charge in [0.05, 0.1) is 0 Å². The van der Waals surface area contributed by atoms with Crippen molar-refractivity contribution >= 4 is 17.7 Å². The van der Waals surface area contributed by atoms with E-state index in [1.807, 2.05) is 0 Å². The zero-order valence-electron chi connectivity index (χ0n) is 9.86. The molecule has 17 heavy (non-hydrogen) atoms. The molecular formula is C12H16O5. The third-order valence-corrected chi connectivity index (χ3v) is 2.46. The average Bonchev–Trinajstić information content (AvgIpc) is 2.29. The number of Topliss-reactive ketones (excluding diaryl/α,β-unsaturated/α-hetero) is 1. The molecule has 0 amide bonds. The van der Waals surface area contributed by atoms with Crippen LogP contribution in [0.1, 0.15) is 32.6 Å². The standard InChI is InChI=1S/C12H16O5/c1-8(2)12(15)16-7-11(14)17-10-5-3-9(13)4-6-10/h10H,1,3-7H2,2H3. The van der Waals surface area contributed by atoms with Crippen molar-refractivity contribution in [3.05, 3.63) is 12.2 Å². The Hall–Kier alpha value is -1.65. The monoisotopic (exact) mass is 240 g/mol. The van der Waals surface area contributed by atoms with Crippen LogP contribution >= 0.6 is 0 Å². The highest BCUT2D eigenvalue weighted by Crippen LogP contribution is 2.17. The van der Waals surface area contributed by atoms with E-state index in [2.05, 4.69) is 11.3 Å². The molecule has 0 heterocycles. The summed E-state index contributed by atoms with van der Waals surface area (Å²) in [5, 5.41) is 0. The number of rotatable bonds is 4. The van der Waals surface area contributed by atoms with E-state index < -0.39 is 18.5 Å². The summed E-state index contributed by atoms with van der Waals surface area (Å²) in [5.74, 6) is -0.995. The van der Waals surface area contributed by atoms with Crippen molar-refractivity contribution in [2.24, 2.45) is 0 Å². The molecule has 0 N–H and O–H groups in total. The van der Waals surface area contributed by atoms with Crippen molar-refractivity contribution in [1.82, 2.24) is 0 Å². The van der Waals surface area contributed by atoms with Gasteiger partial charge in [-0.2, -0.15) is 0 Å². The van der Waals surface area contributed by atoms with Crippen molar-refractivity contribution in [3.63, 3.8) is 0 Å². The van der Waals surface area contributed by atoms with Gasteiger partial charge in [-0.15, -0.1) is 0 Å². The third kappa shape index (κ3) is 4.80. The van der Waals surface area contributed by atoms with Crippen LogP contribution in [0.15, 0.2) is 12.2 Å². The number of carbonyl (C=O) groups is 3. The summed E-state index contributed by atoms with van der Waals surface area (Å²) >= 11 is 0. The molecule has 0 spiro atoms. The fourth-order valence-corrected chi connectivity index (χ4v) is 1.50. The largest absolute Gasteiger partial charge is 0.460 e. The van der Waals surface area contributed by atoms with Gasteiger partial charge < -0.3 is 9.47 Å². The van der Waals surface area contributed by atoms with Gasteiger partial charge in [-0.3, -0.25) is 4.79 Å². The third-order valence-electron chi connectivity index (χ3n) is 2.46. The molecule has 1 saturated carbocycles. The lowest BCUT2D eigenvalue weighted by Crippen LogP contribution is -2.27. The van der Waals surface area contributed by atoms with E-state index in [4.69, 9.17) is 4.74 Å². The van der Waals surface area contributed by atoms with Gasteiger partial charge in [0.15, 0.2) is 6.61 Å². The maximum atomic E-state index is 11.3. The second kappa shape index (κ2) is 6.18. The number of hydrogen-bond acceptors (Lipinski definition) is 5. The summed E-state index contributed by atoms with van der Waals surface area (Å²) in [6, 6.07) is 0. The topological polar surface area (TPSA) is 69.7 Å². The van der Waals surface area contributed by atoms with Gasteiger partial charge in [-0.25, -0.2) is 9.59 Å². The van der Waals surface area contributed by atoms with E-state index in [0.29, 0.717) is 25.7 Å². The molecule has 0 bridgehead atoms. The molecule has 0 atom stereocenters. The average molecular weight is 240 g/mol. The van der Waals surface area contributed by atoms with Crippen LogP contribution in [0, 0.1) is 0 Å². The van der Waals surface area contributed by atoms with Crippen molar-refractivity contribution in [3.8, 4) is 0 Å². The molecule has 1 aliphatic carbocycles. The van der Waals surface area contributed by atoms with E-state index in [1.54, 1.807) is 0 Å². The first kappa shape index (κ1) is 13.4. The normalized spacial score (nSPS) is 16.4. The first-order valence-corrected chi connectivity index (χ1v) is 5.53. The van der Waals surface area contributed by atoms with Gasteiger partial charge in [0.2, 0.25) is 0 Å². The quantitative estimate of drug-likeness (QED) is 0.544. The zero-order chi connectivity index (χ0) is 12.8. The SMILES string of the molecule is C=C(C)C(=O)OCC(=O)OC1CCC(=O)CC1. The van der Waals surface area contributed by atoms with Gasteiger partial charge in [0, 0.05) is 18.4 Å². The highest BCUT2D eigenvalue weighted by Gasteiger charge is 2.22. The minimum Gasteiger partial charge on any atom is -0.460 e. The van der Waals surface area contributed by atoms with Gasteiger partial charge >= 0.3 is 11.9 Å². The van der Waals surface area contributed by atoms with Crippen molar-refractivity contribution in [2.75, 3.05) is 6.61 Å². The summed E-state index contributed by atoms with van der Waals surface area (Å²) in [5.41, 5.74) is 0.237. The van der Waals surface area contributed by atoms with Crippen LogP contribution < -0.4 is 0 Å². The van der Waals surface area contributed by atoms with Crippen molar-refractivity contribution in [2.45, 2.75) is 38.7 Å². The van der Waals surface area contributed by atoms with Crippen LogP contribution in [0.3, 0.4) is 0 Å². The summed E-state index contributed by atoms with van der Waals surface area (Å²) in [4.78, 5) is 33.3. The lowest BCUT2D eigenvalue weighted by molar-refractivity contribution is -0.162. The molecule has 0 aromatic rings. The first-order chi connectivity index (χ1) is 7.99. The predicted molar refractivity (Wildman–Crippen MR) is 59.1 cm³/mol.